The summed E-state index contributed by atoms with van der Waals surface area (Å²) >= 11 is 0. The van der Waals surface area contributed by atoms with Gasteiger partial charge >= 0.3 is 0 Å². The number of amides is 1. The molecule has 0 aromatic carbocycles. The van der Waals surface area contributed by atoms with Crippen molar-refractivity contribution in [1.29, 1.82) is 0 Å². The van der Waals surface area contributed by atoms with Gasteiger partial charge in [-0.15, -0.1) is 6.58 Å². The van der Waals surface area contributed by atoms with Crippen LogP contribution in [0.15, 0.2) is 12.7 Å². The first-order valence-corrected chi connectivity index (χ1v) is 5.43. The molecule has 0 spiro atoms. The van der Waals surface area contributed by atoms with Gasteiger partial charge in [-0.2, -0.15) is 0 Å². The number of likely N-dealkylation sites (N-methyl/N-ethyl adjacent to an activating group) is 1. The molecule has 4 heteroatoms. The Labute approximate surface area is 91.7 Å². The van der Waals surface area contributed by atoms with Gasteiger partial charge in [-0.3, -0.25) is 9.69 Å². The summed E-state index contributed by atoms with van der Waals surface area (Å²) in [6.45, 7) is 7.84. The van der Waals surface area contributed by atoms with Crippen molar-refractivity contribution in [3.63, 3.8) is 0 Å². The van der Waals surface area contributed by atoms with Crippen molar-refractivity contribution < 1.29 is 4.79 Å². The molecule has 4 nitrogen and oxygen atoms in total. The highest BCUT2D eigenvalue weighted by molar-refractivity contribution is 5.83. The quantitative estimate of drug-likeness (QED) is 0.669. The molecule has 15 heavy (non-hydrogen) atoms. The maximum absolute atomic E-state index is 12.1. The standard InChI is InChI=1S/C11H21N3O/c1-4-7-14-9(2)8-13(3)10(5-6-12)11(14)15/h4,9-10H,1,5-8,12H2,2-3H3. The molecule has 1 saturated heterocycles. The van der Waals surface area contributed by atoms with Crippen LogP contribution in [0.2, 0.25) is 0 Å². The van der Waals surface area contributed by atoms with Crippen molar-refractivity contribution in [2.75, 3.05) is 26.7 Å². The van der Waals surface area contributed by atoms with E-state index in [0.29, 0.717) is 13.1 Å². The van der Waals surface area contributed by atoms with Crippen molar-refractivity contribution >= 4 is 5.91 Å². The number of hydrogen-bond acceptors (Lipinski definition) is 3. The van der Waals surface area contributed by atoms with Crippen LogP contribution in [0.4, 0.5) is 0 Å². The van der Waals surface area contributed by atoms with E-state index in [1.165, 1.54) is 0 Å². The predicted octanol–water partition coefficient (Wildman–Crippen LogP) is 0.0523. The van der Waals surface area contributed by atoms with Crippen LogP contribution in [0.5, 0.6) is 0 Å². The first kappa shape index (κ1) is 12.2. The molecule has 1 aliphatic heterocycles. The second-order valence-electron chi connectivity index (χ2n) is 4.16. The van der Waals surface area contributed by atoms with E-state index in [2.05, 4.69) is 18.4 Å². The zero-order valence-electron chi connectivity index (χ0n) is 9.65. The number of rotatable bonds is 4. The molecule has 0 saturated carbocycles. The molecule has 1 rings (SSSR count). The van der Waals surface area contributed by atoms with Crippen molar-refractivity contribution in [2.24, 2.45) is 5.73 Å². The maximum Gasteiger partial charge on any atom is 0.240 e. The third-order valence-corrected chi connectivity index (χ3v) is 2.95. The van der Waals surface area contributed by atoms with Gasteiger partial charge in [-0.25, -0.2) is 0 Å². The second kappa shape index (κ2) is 5.28. The van der Waals surface area contributed by atoms with Crippen LogP contribution >= 0.6 is 0 Å². The average molecular weight is 211 g/mol. The maximum atomic E-state index is 12.1. The van der Waals surface area contributed by atoms with E-state index in [1.807, 2.05) is 11.9 Å². The highest BCUT2D eigenvalue weighted by Crippen LogP contribution is 2.16. The van der Waals surface area contributed by atoms with Gasteiger partial charge in [0.05, 0.1) is 6.04 Å². The molecule has 1 aliphatic rings. The molecule has 0 radical (unpaired) electrons. The summed E-state index contributed by atoms with van der Waals surface area (Å²) in [4.78, 5) is 16.1. The number of carbonyl (C=O) groups excluding carboxylic acids is 1. The summed E-state index contributed by atoms with van der Waals surface area (Å²) in [6.07, 6.45) is 2.51. The molecule has 0 aromatic rings. The van der Waals surface area contributed by atoms with Gasteiger partial charge in [0.1, 0.15) is 0 Å². The molecule has 2 N–H and O–H groups in total. The van der Waals surface area contributed by atoms with Gasteiger partial charge in [0.25, 0.3) is 0 Å². The molecule has 1 fully saturated rings. The SMILES string of the molecule is C=CCN1C(=O)C(CCN)N(C)CC1C. The predicted molar refractivity (Wildman–Crippen MR) is 61.5 cm³/mol. The van der Waals surface area contributed by atoms with E-state index in [-0.39, 0.29) is 18.0 Å². The van der Waals surface area contributed by atoms with E-state index < -0.39 is 0 Å². The Morgan fingerprint density at radius 3 is 2.87 bits per heavy atom. The fourth-order valence-corrected chi connectivity index (χ4v) is 2.15. The van der Waals surface area contributed by atoms with Crippen LogP contribution in [0.25, 0.3) is 0 Å². The first-order valence-electron chi connectivity index (χ1n) is 5.43. The van der Waals surface area contributed by atoms with Gasteiger partial charge in [0, 0.05) is 19.1 Å². The van der Waals surface area contributed by atoms with Crippen molar-refractivity contribution in [2.45, 2.75) is 25.4 Å². The average Bonchev–Trinajstić information content (AvgIpc) is 2.19. The fourth-order valence-electron chi connectivity index (χ4n) is 2.15. The first-order chi connectivity index (χ1) is 7.11. The Morgan fingerprint density at radius 2 is 2.33 bits per heavy atom. The van der Waals surface area contributed by atoms with Crippen LogP contribution in [0.3, 0.4) is 0 Å². The minimum absolute atomic E-state index is 0.0499. The molecule has 1 amide bonds. The lowest BCUT2D eigenvalue weighted by Crippen LogP contribution is -2.59. The Kier molecular flexibility index (Phi) is 4.29. The van der Waals surface area contributed by atoms with Crippen LogP contribution in [-0.4, -0.2) is 54.5 Å². The summed E-state index contributed by atoms with van der Waals surface area (Å²) in [7, 11) is 1.99. The van der Waals surface area contributed by atoms with Crippen LogP contribution < -0.4 is 5.73 Å². The topological polar surface area (TPSA) is 49.6 Å². The number of carbonyl (C=O) groups is 1. The van der Waals surface area contributed by atoms with Gasteiger partial charge in [0.15, 0.2) is 0 Å². The highest BCUT2D eigenvalue weighted by atomic mass is 16.2. The third kappa shape index (κ3) is 2.58. The fraction of sp³-hybridized carbons (Fsp3) is 0.727. The van der Waals surface area contributed by atoms with Gasteiger partial charge in [0.2, 0.25) is 5.91 Å². The van der Waals surface area contributed by atoms with Gasteiger partial charge < -0.3 is 10.6 Å². The van der Waals surface area contributed by atoms with E-state index >= 15 is 0 Å². The molecule has 2 atom stereocenters. The van der Waals surface area contributed by atoms with Crippen molar-refractivity contribution in [3.05, 3.63) is 12.7 Å². The lowest BCUT2D eigenvalue weighted by Gasteiger charge is -2.42. The normalized spacial score (nSPS) is 28.2. The Bertz CT molecular complexity index is 242. The number of hydrogen-bond donors (Lipinski definition) is 1. The van der Waals surface area contributed by atoms with Crippen LogP contribution in [0.1, 0.15) is 13.3 Å². The lowest BCUT2D eigenvalue weighted by atomic mass is 10.0. The molecular formula is C11H21N3O. The minimum Gasteiger partial charge on any atom is -0.334 e. The zero-order valence-corrected chi connectivity index (χ0v) is 9.65. The minimum atomic E-state index is -0.0499. The largest absolute Gasteiger partial charge is 0.334 e. The van der Waals surface area contributed by atoms with Gasteiger partial charge in [-0.1, -0.05) is 6.08 Å². The zero-order chi connectivity index (χ0) is 11.4. The summed E-state index contributed by atoms with van der Waals surface area (Å²) in [5.74, 6) is 0.182. The second-order valence-corrected chi connectivity index (χ2v) is 4.16. The van der Waals surface area contributed by atoms with Crippen LogP contribution in [-0.2, 0) is 4.79 Å². The Morgan fingerprint density at radius 1 is 1.67 bits per heavy atom. The smallest absolute Gasteiger partial charge is 0.240 e. The van der Waals surface area contributed by atoms with E-state index in [1.54, 1.807) is 6.08 Å². The van der Waals surface area contributed by atoms with Crippen molar-refractivity contribution in [3.8, 4) is 0 Å². The van der Waals surface area contributed by atoms with E-state index in [4.69, 9.17) is 5.73 Å². The molecule has 0 bridgehead atoms. The Hall–Kier alpha value is -0.870. The summed E-state index contributed by atoms with van der Waals surface area (Å²) < 4.78 is 0. The molecule has 0 aromatic heterocycles. The van der Waals surface area contributed by atoms with Crippen molar-refractivity contribution in [1.82, 2.24) is 9.80 Å². The number of nitrogens with zero attached hydrogens (tertiary/aromatic N) is 2. The number of piperazine rings is 1. The summed E-state index contributed by atoms with van der Waals surface area (Å²) in [5, 5.41) is 0. The monoisotopic (exact) mass is 211 g/mol. The lowest BCUT2D eigenvalue weighted by molar-refractivity contribution is -0.143. The summed E-state index contributed by atoms with van der Waals surface area (Å²) in [5.41, 5.74) is 5.52. The van der Waals surface area contributed by atoms with Crippen LogP contribution in [0, 0.1) is 0 Å². The third-order valence-electron chi connectivity index (χ3n) is 2.95. The van der Waals surface area contributed by atoms with Gasteiger partial charge in [-0.05, 0) is 26.9 Å². The van der Waals surface area contributed by atoms with E-state index in [9.17, 15) is 4.79 Å². The Balaban J connectivity index is 2.74. The summed E-state index contributed by atoms with van der Waals surface area (Å²) in [6, 6.07) is 0.209. The highest BCUT2D eigenvalue weighted by Gasteiger charge is 2.35. The molecular weight excluding hydrogens is 190 g/mol. The van der Waals surface area contributed by atoms with E-state index in [0.717, 1.165) is 13.0 Å². The molecule has 2 unspecified atom stereocenters. The molecule has 86 valence electrons. The number of nitrogens with two attached hydrogens (primary N) is 1. The molecule has 0 aliphatic carbocycles. The molecule has 1 heterocycles.